The van der Waals surface area contributed by atoms with Crippen LogP contribution in [0.15, 0.2) is 91.1 Å². The minimum atomic E-state index is -0.388. The number of nitrogens with zero attached hydrogens (tertiary/aromatic N) is 4. The first-order valence-electron chi connectivity index (χ1n) is 13.4. The second kappa shape index (κ2) is 10.5. The van der Waals surface area contributed by atoms with Crippen molar-refractivity contribution in [2.45, 2.75) is 20.4 Å². The first kappa shape index (κ1) is 25.0. The Balaban J connectivity index is 1.31. The van der Waals surface area contributed by atoms with Gasteiger partial charge in [-0.25, -0.2) is 9.37 Å². The maximum absolute atomic E-state index is 13.7. The summed E-state index contributed by atoms with van der Waals surface area (Å²) in [7, 11) is 0. The molecule has 1 saturated heterocycles. The number of benzene rings is 3. The normalized spacial score (nSPS) is 14.2. The van der Waals surface area contributed by atoms with Gasteiger partial charge in [0.15, 0.2) is 0 Å². The van der Waals surface area contributed by atoms with Gasteiger partial charge in [0.1, 0.15) is 11.5 Å². The maximum Gasteiger partial charge on any atom is 0.254 e. The summed E-state index contributed by atoms with van der Waals surface area (Å²) in [5.41, 5.74) is 9.37. The van der Waals surface area contributed by atoms with Crippen LogP contribution in [0.2, 0.25) is 0 Å². The number of pyridine rings is 1. The third-order valence-electron chi connectivity index (χ3n) is 7.57. The Morgan fingerprint density at radius 1 is 0.846 bits per heavy atom. The van der Waals surface area contributed by atoms with Crippen LogP contribution in [-0.4, -0.2) is 51.3 Å². The molecule has 196 valence electrons. The van der Waals surface area contributed by atoms with Crippen molar-refractivity contribution in [2.75, 3.05) is 26.2 Å². The van der Waals surface area contributed by atoms with E-state index in [4.69, 9.17) is 4.98 Å². The molecule has 6 heteroatoms. The van der Waals surface area contributed by atoms with Gasteiger partial charge in [0.2, 0.25) is 0 Å². The Bertz CT molecular complexity index is 1650. The number of carbonyl (C=O) groups is 1. The summed E-state index contributed by atoms with van der Waals surface area (Å²) in [5.74, 6) is -0.507. The van der Waals surface area contributed by atoms with Crippen LogP contribution in [-0.2, 0) is 6.54 Å². The molecule has 0 bridgehead atoms. The van der Waals surface area contributed by atoms with Crippen molar-refractivity contribution in [2.24, 2.45) is 0 Å². The molecule has 39 heavy (non-hydrogen) atoms. The van der Waals surface area contributed by atoms with E-state index in [0.29, 0.717) is 25.2 Å². The van der Waals surface area contributed by atoms with E-state index in [-0.39, 0.29) is 11.7 Å². The number of imidazole rings is 1. The number of aromatic nitrogens is 2. The van der Waals surface area contributed by atoms with Crippen molar-refractivity contribution in [1.29, 1.82) is 0 Å². The van der Waals surface area contributed by atoms with Gasteiger partial charge in [-0.2, -0.15) is 0 Å². The molecule has 0 N–H and O–H groups in total. The van der Waals surface area contributed by atoms with E-state index < -0.39 is 0 Å². The maximum atomic E-state index is 13.7. The minimum absolute atomic E-state index is 0.118. The van der Waals surface area contributed by atoms with E-state index in [2.05, 4.69) is 71.8 Å². The number of fused-ring (bicyclic) bond motifs is 1. The molecule has 0 spiro atoms. The minimum Gasteiger partial charge on any atom is -0.336 e. The summed E-state index contributed by atoms with van der Waals surface area (Å²) in [6.45, 7) is 7.65. The molecular formula is C33H31FN4O. The predicted octanol–water partition coefficient (Wildman–Crippen LogP) is 6.38. The first-order valence-corrected chi connectivity index (χ1v) is 13.4. The lowest BCUT2D eigenvalue weighted by atomic mass is 10.00. The summed E-state index contributed by atoms with van der Waals surface area (Å²) in [6.07, 6.45) is 2.20. The lowest BCUT2D eigenvalue weighted by Crippen LogP contribution is -2.48. The molecule has 1 fully saturated rings. The van der Waals surface area contributed by atoms with E-state index in [0.717, 1.165) is 41.3 Å². The molecule has 2 aromatic heterocycles. The average molecular weight is 519 g/mol. The van der Waals surface area contributed by atoms with Crippen molar-refractivity contribution in [3.63, 3.8) is 0 Å². The fourth-order valence-corrected chi connectivity index (χ4v) is 5.40. The van der Waals surface area contributed by atoms with E-state index in [1.165, 1.54) is 28.8 Å². The topological polar surface area (TPSA) is 40.9 Å². The van der Waals surface area contributed by atoms with Gasteiger partial charge in [-0.1, -0.05) is 60.2 Å². The number of amides is 1. The van der Waals surface area contributed by atoms with Gasteiger partial charge in [-0.05, 0) is 60.9 Å². The molecule has 0 aliphatic carbocycles. The zero-order valence-corrected chi connectivity index (χ0v) is 22.3. The van der Waals surface area contributed by atoms with Gasteiger partial charge in [-0.15, -0.1) is 0 Å². The number of hydrogen-bond acceptors (Lipinski definition) is 3. The molecule has 1 amide bonds. The smallest absolute Gasteiger partial charge is 0.254 e. The van der Waals surface area contributed by atoms with E-state index in [1.54, 1.807) is 12.1 Å². The van der Waals surface area contributed by atoms with E-state index in [1.807, 2.05) is 23.1 Å². The van der Waals surface area contributed by atoms with Crippen LogP contribution in [0.4, 0.5) is 4.39 Å². The third kappa shape index (κ3) is 5.08. The number of carbonyl (C=O) groups excluding carboxylic acids is 1. The quantitative estimate of drug-likeness (QED) is 0.271. The first-order chi connectivity index (χ1) is 19.0. The highest BCUT2D eigenvalue weighted by Gasteiger charge is 2.25. The molecular weight excluding hydrogens is 487 g/mol. The van der Waals surface area contributed by atoms with Crippen LogP contribution in [0.25, 0.3) is 28.0 Å². The van der Waals surface area contributed by atoms with Crippen LogP contribution in [0, 0.1) is 19.7 Å². The molecule has 5 nitrogen and oxygen atoms in total. The molecule has 0 saturated carbocycles. The van der Waals surface area contributed by atoms with Crippen molar-refractivity contribution in [3.8, 4) is 22.4 Å². The van der Waals surface area contributed by atoms with Crippen LogP contribution >= 0.6 is 0 Å². The average Bonchev–Trinajstić information content (AvgIpc) is 3.32. The molecule has 0 radical (unpaired) electrons. The molecule has 1 aliphatic heterocycles. The number of rotatable bonds is 5. The summed E-state index contributed by atoms with van der Waals surface area (Å²) >= 11 is 0. The van der Waals surface area contributed by atoms with Gasteiger partial charge in [0, 0.05) is 50.0 Å². The molecule has 1 aliphatic rings. The second-order valence-corrected chi connectivity index (χ2v) is 10.3. The summed E-state index contributed by atoms with van der Waals surface area (Å²) < 4.78 is 15.9. The van der Waals surface area contributed by atoms with Crippen LogP contribution in [0.3, 0.4) is 0 Å². The van der Waals surface area contributed by atoms with Crippen molar-refractivity contribution in [1.82, 2.24) is 19.2 Å². The highest BCUT2D eigenvalue weighted by Crippen LogP contribution is 2.30. The number of aryl methyl sites for hydroxylation is 2. The zero-order valence-electron chi connectivity index (χ0n) is 22.3. The Kier molecular flexibility index (Phi) is 6.71. The van der Waals surface area contributed by atoms with Gasteiger partial charge < -0.3 is 9.30 Å². The fourth-order valence-electron chi connectivity index (χ4n) is 5.40. The van der Waals surface area contributed by atoms with Crippen LogP contribution in [0.1, 0.15) is 27.2 Å². The van der Waals surface area contributed by atoms with E-state index in [9.17, 15) is 9.18 Å². The van der Waals surface area contributed by atoms with Gasteiger partial charge >= 0.3 is 0 Å². The molecule has 5 aromatic rings. The van der Waals surface area contributed by atoms with Crippen LogP contribution < -0.4 is 0 Å². The van der Waals surface area contributed by atoms with Crippen molar-refractivity contribution in [3.05, 3.63) is 119 Å². The third-order valence-corrected chi connectivity index (χ3v) is 7.57. The Morgan fingerprint density at radius 3 is 2.41 bits per heavy atom. The van der Waals surface area contributed by atoms with E-state index >= 15 is 0 Å². The fraction of sp³-hybridized carbons (Fsp3) is 0.212. The largest absolute Gasteiger partial charge is 0.336 e. The number of piperazine rings is 1. The Hall–Kier alpha value is -4.29. The summed E-state index contributed by atoms with van der Waals surface area (Å²) in [6, 6.07) is 27.1. The SMILES string of the molecule is Cc1ccc(C)c(-c2ccc3nc(-c4ccccc4)c(CN4CCN(C(=O)c5cccc(F)c5)CC4)n3c2)c1. The highest BCUT2D eigenvalue weighted by molar-refractivity contribution is 5.94. The highest BCUT2D eigenvalue weighted by atomic mass is 19.1. The Morgan fingerprint density at radius 2 is 1.64 bits per heavy atom. The van der Waals surface area contributed by atoms with Gasteiger partial charge in [0.05, 0.1) is 11.4 Å². The molecule has 3 heterocycles. The van der Waals surface area contributed by atoms with Crippen molar-refractivity contribution >= 4 is 11.6 Å². The number of hydrogen-bond donors (Lipinski definition) is 0. The molecule has 0 atom stereocenters. The standard InChI is InChI=1S/C33H31FN4O/c1-23-11-12-24(2)29(19-23)27-13-14-31-35-32(25-7-4-3-5-8-25)30(38(31)21-27)22-36-15-17-37(18-16-36)33(39)26-9-6-10-28(34)20-26/h3-14,19-21H,15-18,22H2,1-2H3. The molecule has 0 unspecified atom stereocenters. The second-order valence-electron chi connectivity index (χ2n) is 10.3. The molecule has 6 rings (SSSR count). The summed E-state index contributed by atoms with van der Waals surface area (Å²) in [5, 5.41) is 0. The lowest BCUT2D eigenvalue weighted by molar-refractivity contribution is 0.0626. The monoisotopic (exact) mass is 518 g/mol. The predicted molar refractivity (Wildman–Crippen MR) is 153 cm³/mol. The van der Waals surface area contributed by atoms with Crippen LogP contribution in [0.5, 0.6) is 0 Å². The Labute approximate surface area is 228 Å². The zero-order chi connectivity index (χ0) is 26.9. The number of halogens is 1. The van der Waals surface area contributed by atoms with Gasteiger partial charge in [-0.3, -0.25) is 9.69 Å². The molecule has 3 aromatic carbocycles. The van der Waals surface area contributed by atoms with Gasteiger partial charge in [0.25, 0.3) is 5.91 Å². The summed E-state index contributed by atoms with van der Waals surface area (Å²) in [4.78, 5) is 22.2. The lowest BCUT2D eigenvalue weighted by Gasteiger charge is -2.34. The van der Waals surface area contributed by atoms with Crippen molar-refractivity contribution < 1.29 is 9.18 Å².